The normalized spacial score (nSPS) is 43.2. The number of aliphatic hydroxyl groups excluding tert-OH is 2. The van der Waals surface area contributed by atoms with E-state index in [-0.39, 0.29) is 24.0 Å². The number of hydrogen-bond acceptors (Lipinski definition) is 4. The summed E-state index contributed by atoms with van der Waals surface area (Å²) >= 11 is 0. The van der Waals surface area contributed by atoms with Gasteiger partial charge < -0.3 is 20.4 Å². The summed E-state index contributed by atoms with van der Waals surface area (Å²) in [5, 5.41) is 20.1. The quantitative estimate of drug-likeness (QED) is 0.769. The lowest BCUT2D eigenvalue weighted by molar-refractivity contribution is -0.0805. The van der Waals surface area contributed by atoms with Crippen molar-refractivity contribution in [3.05, 3.63) is 30.2 Å². The fraction of sp³-hybridized carbons (Fsp3) is 0.727. The molecular weight excluding hydrogens is 326 g/mol. The fourth-order valence-electron chi connectivity index (χ4n) is 6.58. The Labute approximate surface area is 156 Å². The molecule has 0 saturated heterocycles. The molecule has 2 saturated carbocycles. The zero-order valence-corrected chi connectivity index (χ0v) is 15.8. The Morgan fingerprint density at radius 1 is 1.31 bits per heavy atom. The highest BCUT2D eigenvalue weighted by Crippen LogP contribution is 2.58. The summed E-state index contributed by atoms with van der Waals surface area (Å²) < 4.78 is 5.68. The Morgan fingerprint density at radius 3 is 2.85 bits per heavy atom. The number of fused-ring (bicyclic) bond motifs is 1. The van der Waals surface area contributed by atoms with Crippen molar-refractivity contribution in [1.29, 1.82) is 0 Å². The van der Waals surface area contributed by atoms with Gasteiger partial charge >= 0.3 is 0 Å². The van der Waals surface area contributed by atoms with Crippen LogP contribution in [0.5, 0.6) is 0 Å². The average Bonchev–Trinajstić information content (AvgIpc) is 3.31. The highest BCUT2D eigenvalue weighted by atomic mass is 16.3. The van der Waals surface area contributed by atoms with Gasteiger partial charge in [0.25, 0.3) is 0 Å². The van der Waals surface area contributed by atoms with Crippen molar-refractivity contribution in [2.24, 2.45) is 40.7 Å². The second-order valence-electron chi connectivity index (χ2n) is 9.04. The molecule has 0 spiro atoms. The van der Waals surface area contributed by atoms with E-state index in [0.29, 0.717) is 30.2 Å². The van der Waals surface area contributed by atoms with Gasteiger partial charge in [-0.05, 0) is 97.8 Å². The summed E-state index contributed by atoms with van der Waals surface area (Å²) in [4.78, 5) is 0. The molecule has 7 atom stereocenters. The summed E-state index contributed by atoms with van der Waals surface area (Å²) in [6.07, 6.45) is 9.87. The lowest BCUT2D eigenvalue weighted by atomic mass is 9.51. The number of furan rings is 1. The van der Waals surface area contributed by atoms with Gasteiger partial charge in [-0.1, -0.05) is 13.0 Å². The molecule has 0 aliphatic heterocycles. The van der Waals surface area contributed by atoms with E-state index in [0.717, 1.165) is 37.9 Å². The molecule has 3 aliphatic rings. The number of allylic oxidation sites excluding steroid dienone is 2. The van der Waals surface area contributed by atoms with Crippen LogP contribution < -0.4 is 5.73 Å². The summed E-state index contributed by atoms with van der Waals surface area (Å²) in [7, 11) is 0. The highest BCUT2D eigenvalue weighted by Gasteiger charge is 2.52. The Morgan fingerprint density at radius 2 is 2.15 bits per heavy atom. The van der Waals surface area contributed by atoms with Gasteiger partial charge in [-0.15, -0.1) is 0 Å². The smallest absolute Gasteiger partial charge is 0.129 e. The third-order valence-corrected chi connectivity index (χ3v) is 8.03. The van der Waals surface area contributed by atoms with Crippen LogP contribution in [0.2, 0.25) is 0 Å². The standard InChI is InChI=1S/C22H33NO3/c1-22(9-8-15(25)11-14(22)13-24)20-7-6-16-17(19(20)12-23)4-5-18(16)21-3-2-10-26-21/h2-3,5,10,14-17,19-20,24-25H,4,6-9,11-13,23H2,1H3/t14-,15+,16+,17-,19+,20+,22+/m1/s1. The molecule has 1 heterocycles. The summed E-state index contributed by atoms with van der Waals surface area (Å²) in [5.74, 6) is 3.35. The van der Waals surface area contributed by atoms with Crippen molar-refractivity contribution in [3.63, 3.8) is 0 Å². The van der Waals surface area contributed by atoms with Gasteiger partial charge in [0.05, 0.1) is 12.4 Å². The third-order valence-electron chi connectivity index (χ3n) is 8.03. The molecule has 0 bridgehead atoms. The molecule has 3 aliphatic carbocycles. The van der Waals surface area contributed by atoms with Crippen LogP contribution in [0.3, 0.4) is 0 Å². The Hall–Kier alpha value is -1.10. The molecule has 2 fully saturated rings. The van der Waals surface area contributed by atoms with E-state index in [1.165, 1.54) is 12.0 Å². The Kier molecular flexibility index (Phi) is 5.02. The fourth-order valence-corrected chi connectivity index (χ4v) is 6.58. The molecule has 4 nitrogen and oxygen atoms in total. The maximum Gasteiger partial charge on any atom is 0.129 e. The minimum atomic E-state index is -0.258. The monoisotopic (exact) mass is 359 g/mol. The van der Waals surface area contributed by atoms with Crippen molar-refractivity contribution >= 4 is 5.57 Å². The molecule has 4 N–H and O–H groups in total. The van der Waals surface area contributed by atoms with E-state index in [2.05, 4.69) is 19.1 Å². The minimum absolute atomic E-state index is 0.0798. The van der Waals surface area contributed by atoms with E-state index in [9.17, 15) is 10.2 Å². The predicted octanol–water partition coefficient (Wildman–Crippen LogP) is 3.44. The summed E-state index contributed by atoms with van der Waals surface area (Å²) in [6, 6.07) is 4.04. The summed E-state index contributed by atoms with van der Waals surface area (Å²) in [6.45, 7) is 3.23. The number of hydrogen-bond donors (Lipinski definition) is 3. The maximum atomic E-state index is 10.1. The van der Waals surface area contributed by atoms with E-state index in [1.54, 1.807) is 6.26 Å². The lowest BCUT2D eigenvalue weighted by Crippen LogP contribution is -2.51. The van der Waals surface area contributed by atoms with Crippen LogP contribution in [0, 0.1) is 35.0 Å². The predicted molar refractivity (Wildman–Crippen MR) is 102 cm³/mol. The van der Waals surface area contributed by atoms with Crippen LogP contribution in [0.15, 0.2) is 28.9 Å². The molecule has 4 rings (SSSR count). The molecule has 4 heteroatoms. The second kappa shape index (κ2) is 7.14. The van der Waals surface area contributed by atoms with Gasteiger partial charge in [0, 0.05) is 6.61 Å². The van der Waals surface area contributed by atoms with Gasteiger partial charge in [0.15, 0.2) is 0 Å². The number of rotatable bonds is 4. The van der Waals surface area contributed by atoms with Crippen LogP contribution in [-0.2, 0) is 0 Å². The first kappa shape index (κ1) is 18.3. The summed E-state index contributed by atoms with van der Waals surface area (Å²) in [5.41, 5.74) is 7.79. The number of nitrogens with two attached hydrogens (primary N) is 1. The van der Waals surface area contributed by atoms with E-state index < -0.39 is 0 Å². The first-order valence-electron chi connectivity index (χ1n) is 10.3. The average molecular weight is 360 g/mol. The Balaban J connectivity index is 1.57. The lowest BCUT2D eigenvalue weighted by Gasteiger charge is -2.54. The second-order valence-corrected chi connectivity index (χ2v) is 9.04. The topological polar surface area (TPSA) is 79.6 Å². The third kappa shape index (κ3) is 2.87. The molecule has 1 aromatic heterocycles. The SMILES string of the molecule is C[C@]1([C@H]2CC[C@@H]3C(c4ccco4)=CC[C@H]3[C@@H]2CN)CC[C@H](O)C[C@@H]1CO. The molecular formula is C22H33NO3. The zero-order chi connectivity index (χ0) is 18.3. The van der Waals surface area contributed by atoms with Crippen LogP contribution in [0.4, 0.5) is 0 Å². The largest absolute Gasteiger partial charge is 0.465 e. The molecule has 144 valence electrons. The van der Waals surface area contributed by atoms with Gasteiger partial charge in [-0.2, -0.15) is 0 Å². The van der Waals surface area contributed by atoms with E-state index in [4.69, 9.17) is 10.2 Å². The van der Waals surface area contributed by atoms with Crippen LogP contribution in [0.1, 0.15) is 51.2 Å². The van der Waals surface area contributed by atoms with Gasteiger partial charge in [0.2, 0.25) is 0 Å². The Bertz CT molecular complexity index is 640. The molecule has 0 unspecified atom stereocenters. The molecule has 0 amide bonds. The van der Waals surface area contributed by atoms with Crippen LogP contribution in [0.25, 0.3) is 5.57 Å². The van der Waals surface area contributed by atoms with Crippen LogP contribution in [-0.4, -0.2) is 29.5 Å². The molecule has 1 aromatic rings. The van der Waals surface area contributed by atoms with Crippen LogP contribution >= 0.6 is 0 Å². The van der Waals surface area contributed by atoms with Crippen molar-refractivity contribution in [2.75, 3.05) is 13.2 Å². The maximum absolute atomic E-state index is 10.1. The van der Waals surface area contributed by atoms with E-state index in [1.807, 2.05) is 6.07 Å². The van der Waals surface area contributed by atoms with Gasteiger partial charge in [-0.25, -0.2) is 0 Å². The van der Waals surface area contributed by atoms with Crippen molar-refractivity contribution in [1.82, 2.24) is 0 Å². The molecule has 0 radical (unpaired) electrons. The van der Waals surface area contributed by atoms with E-state index >= 15 is 0 Å². The van der Waals surface area contributed by atoms with Crippen molar-refractivity contribution in [2.45, 2.75) is 51.6 Å². The molecule has 0 aromatic carbocycles. The first-order valence-corrected chi connectivity index (χ1v) is 10.3. The minimum Gasteiger partial charge on any atom is -0.465 e. The number of aliphatic hydroxyl groups is 2. The van der Waals surface area contributed by atoms with Gasteiger partial charge in [-0.3, -0.25) is 0 Å². The molecule has 26 heavy (non-hydrogen) atoms. The van der Waals surface area contributed by atoms with Crippen molar-refractivity contribution in [3.8, 4) is 0 Å². The van der Waals surface area contributed by atoms with Crippen molar-refractivity contribution < 1.29 is 14.6 Å². The first-order chi connectivity index (χ1) is 12.6. The zero-order valence-electron chi connectivity index (χ0n) is 15.8. The highest BCUT2D eigenvalue weighted by molar-refractivity contribution is 5.66. The van der Waals surface area contributed by atoms with Gasteiger partial charge in [0.1, 0.15) is 5.76 Å².